The van der Waals surface area contributed by atoms with Crippen LogP contribution in [0.2, 0.25) is 0 Å². The average Bonchev–Trinajstić information content (AvgIpc) is 3.31. The quantitative estimate of drug-likeness (QED) is 0.711. The molecule has 0 unspecified atom stereocenters. The standard InChI is InChI=1S/C15H12FN5O2S/c16-3-4-23-13-2-1-10(6-18-13)12-5-11-8-20(14-7-17-9-24-14)15(22)21(11)19-12/h1-2,5-7,9H,3-4,8H2. The summed E-state index contributed by atoms with van der Waals surface area (Å²) in [5, 5.41) is 5.16. The summed E-state index contributed by atoms with van der Waals surface area (Å²) in [7, 11) is 0. The Morgan fingerprint density at radius 3 is 2.92 bits per heavy atom. The topological polar surface area (TPSA) is 73.1 Å². The van der Waals surface area contributed by atoms with E-state index in [1.54, 1.807) is 34.9 Å². The minimum Gasteiger partial charge on any atom is -0.475 e. The summed E-state index contributed by atoms with van der Waals surface area (Å²) >= 11 is 1.41. The van der Waals surface area contributed by atoms with Crippen LogP contribution < -0.4 is 9.64 Å². The second-order valence-corrected chi connectivity index (χ2v) is 5.93. The lowest BCUT2D eigenvalue weighted by Crippen LogP contribution is -2.25. The number of amides is 1. The zero-order chi connectivity index (χ0) is 16.5. The van der Waals surface area contributed by atoms with E-state index in [0.29, 0.717) is 18.1 Å². The molecular weight excluding hydrogens is 333 g/mol. The molecule has 1 amide bonds. The predicted molar refractivity (Wildman–Crippen MR) is 86.0 cm³/mol. The zero-order valence-electron chi connectivity index (χ0n) is 12.4. The molecule has 24 heavy (non-hydrogen) atoms. The molecule has 4 rings (SSSR count). The van der Waals surface area contributed by atoms with Crippen molar-refractivity contribution in [3.8, 4) is 17.1 Å². The van der Waals surface area contributed by atoms with Crippen molar-refractivity contribution < 1.29 is 13.9 Å². The minimum atomic E-state index is -0.560. The Kier molecular flexibility index (Phi) is 3.69. The van der Waals surface area contributed by atoms with Crippen molar-refractivity contribution in [2.24, 2.45) is 0 Å². The van der Waals surface area contributed by atoms with Gasteiger partial charge in [0.05, 0.1) is 29.6 Å². The van der Waals surface area contributed by atoms with Crippen LogP contribution in [-0.2, 0) is 6.54 Å². The number of ether oxygens (including phenoxy) is 1. The van der Waals surface area contributed by atoms with Crippen LogP contribution in [0, 0.1) is 0 Å². The highest BCUT2D eigenvalue weighted by atomic mass is 32.1. The van der Waals surface area contributed by atoms with Gasteiger partial charge in [-0.25, -0.2) is 14.2 Å². The number of hydrogen-bond acceptors (Lipinski definition) is 6. The maximum atomic E-state index is 12.4. The molecule has 0 aromatic carbocycles. The molecule has 0 radical (unpaired) electrons. The summed E-state index contributed by atoms with van der Waals surface area (Å²) < 4.78 is 18.6. The van der Waals surface area contributed by atoms with E-state index in [1.807, 2.05) is 6.07 Å². The number of nitrogens with zero attached hydrogens (tertiary/aromatic N) is 5. The van der Waals surface area contributed by atoms with E-state index in [-0.39, 0.29) is 12.6 Å². The molecule has 0 bridgehead atoms. The van der Waals surface area contributed by atoms with Crippen molar-refractivity contribution in [3.63, 3.8) is 0 Å². The van der Waals surface area contributed by atoms with Gasteiger partial charge in [-0.1, -0.05) is 0 Å². The fourth-order valence-electron chi connectivity index (χ4n) is 2.46. The first kappa shape index (κ1) is 14.8. The first-order valence-corrected chi connectivity index (χ1v) is 8.09. The van der Waals surface area contributed by atoms with E-state index >= 15 is 0 Å². The Balaban J connectivity index is 1.55. The van der Waals surface area contributed by atoms with Crippen LogP contribution in [0.1, 0.15) is 5.69 Å². The summed E-state index contributed by atoms with van der Waals surface area (Å²) in [4.78, 5) is 22.2. The first-order chi connectivity index (χ1) is 11.8. The van der Waals surface area contributed by atoms with Gasteiger partial charge >= 0.3 is 6.03 Å². The minimum absolute atomic E-state index is 0.0208. The van der Waals surface area contributed by atoms with Gasteiger partial charge in [0.1, 0.15) is 18.3 Å². The van der Waals surface area contributed by atoms with Gasteiger partial charge in [-0.2, -0.15) is 9.78 Å². The lowest BCUT2D eigenvalue weighted by Gasteiger charge is -2.10. The van der Waals surface area contributed by atoms with Crippen LogP contribution in [0.15, 0.2) is 36.1 Å². The number of thiazole rings is 1. The molecule has 0 N–H and O–H groups in total. The van der Waals surface area contributed by atoms with E-state index in [1.165, 1.54) is 16.0 Å². The second-order valence-electron chi connectivity index (χ2n) is 5.06. The number of aromatic nitrogens is 4. The number of pyridine rings is 1. The lowest BCUT2D eigenvalue weighted by molar-refractivity contribution is 0.248. The van der Waals surface area contributed by atoms with Crippen LogP contribution in [0.3, 0.4) is 0 Å². The molecule has 1 aliphatic rings. The number of alkyl halides is 1. The Hall–Kier alpha value is -2.81. The number of carbonyl (C=O) groups excluding carboxylic acids is 1. The van der Waals surface area contributed by atoms with Gasteiger partial charge in [0.15, 0.2) is 0 Å². The smallest absolute Gasteiger partial charge is 0.350 e. The van der Waals surface area contributed by atoms with E-state index in [4.69, 9.17) is 4.74 Å². The van der Waals surface area contributed by atoms with Gasteiger partial charge in [0.25, 0.3) is 0 Å². The highest BCUT2D eigenvalue weighted by molar-refractivity contribution is 7.14. The fraction of sp³-hybridized carbons (Fsp3) is 0.200. The van der Waals surface area contributed by atoms with Crippen molar-refractivity contribution >= 4 is 22.4 Å². The third-order valence-corrected chi connectivity index (χ3v) is 4.35. The zero-order valence-corrected chi connectivity index (χ0v) is 13.2. The van der Waals surface area contributed by atoms with E-state index < -0.39 is 6.67 Å². The SMILES string of the molecule is O=C1N(c2cncs2)Cc2cc(-c3ccc(OCCF)nc3)nn21. The monoisotopic (exact) mass is 345 g/mol. The van der Waals surface area contributed by atoms with E-state index in [0.717, 1.165) is 16.3 Å². The normalized spacial score (nSPS) is 13.4. The maximum absolute atomic E-state index is 12.4. The Labute approximate surface area is 140 Å². The van der Waals surface area contributed by atoms with Crippen molar-refractivity contribution in [3.05, 3.63) is 41.8 Å². The average molecular weight is 345 g/mol. The summed E-state index contributed by atoms with van der Waals surface area (Å²) in [6, 6.07) is 5.10. The van der Waals surface area contributed by atoms with Gasteiger partial charge in [0.2, 0.25) is 5.88 Å². The van der Waals surface area contributed by atoms with Crippen molar-refractivity contribution in [2.75, 3.05) is 18.2 Å². The van der Waals surface area contributed by atoms with Crippen LogP contribution in [0.25, 0.3) is 11.3 Å². The van der Waals surface area contributed by atoms with Crippen LogP contribution in [-0.4, -0.2) is 39.1 Å². The molecule has 7 nitrogen and oxygen atoms in total. The van der Waals surface area contributed by atoms with Gasteiger partial charge in [0, 0.05) is 17.8 Å². The number of halogens is 1. The number of carbonyl (C=O) groups is 1. The van der Waals surface area contributed by atoms with Gasteiger partial charge in [-0.3, -0.25) is 9.88 Å². The molecular formula is C15H12FN5O2S. The molecule has 122 valence electrons. The second kappa shape index (κ2) is 6.00. The van der Waals surface area contributed by atoms with Crippen molar-refractivity contribution in [1.29, 1.82) is 0 Å². The Morgan fingerprint density at radius 2 is 2.25 bits per heavy atom. The van der Waals surface area contributed by atoms with Crippen molar-refractivity contribution in [1.82, 2.24) is 19.7 Å². The molecule has 0 atom stereocenters. The molecule has 3 aromatic heterocycles. The first-order valence-electron chi connectivity index (χ1n) is 7.21. The Bertz CT molecular complexity index is 863. The number of hydrogen-bond donors (Lipinski definition) is 0. The summed E-state index contributed by atoms with van der Waals surface area (Å²) in [5.74, 6) is 0.357. The molecule has 1 aliphatic heterocycles. The number of fused-ring (bicyclic) bond motifs is 1. The molecule has 0 aliphatic carbocycles. The van der Waals surface area contributed by atoms with E-state index in [2.05, 4.69) is 15.1 Å². The van der Waals surface area contributed by atoms with Crippen LogP contribution >= 0.6 is 11.3 Å². The van der Waals surface area contributed by atoms with Gasteiger partial charge < -0.3 is 4.74 Å². The van der Waals surface area contributed by atoms with Crippen molar-refractivity contribution in [2.45, 2.75) is 6.54 Å². The highest BCUT2D eigenvalue weighted by Gasteiger charge is 2.31. The maximum Gasteiger partial charge on any atom is 0.350 e. The summed E-state index contributed by atoms with van der Waals surface area (Å²) in [5.41, 5.74) is 3.92. The molecule has 4 heterocycles. The number of anilines is 1. The third kappa shape index (κ3) is 2.52. The van der Waals surface area contributed by atoms with Crippen LogP contribution in [0.5, 0.6) is 5.88 Å². The lowest BCUT2D eigenvalue weighted by atomic mass is 10.2. The Morgan fingerprint density at radius 1 is 1.33 bits per heavy atom. The van der Waals surface area contributed by atoms with E-state index in [9.17, 15) is 9.18 Å². The number of rotatable bonds is 5. The molecule has 0 saturated carbocycles. The van der Waals surface area contributed by atoms with Crippen LogP contribution in [0.4, 0.5) is 14.2 Å². The summed E-state index contributed by atoms with van der Waals surface area (Å²) in [6.45, 7) is -0.123. The fourth-order valence-corrected chi connectivity index (χ4v) is 3.08. The van der Waals surface area contributed by atoms with Gasteiger partial charge in [-0.15, -0.1) is 11.3 Å². The van der Waals surface area contributed by atoms with Gasteiger partial charge in [-0.05, 0) is 12.1 Å². The summed E-state index contributed by atoms with van der Waals surface area (Å²) in [6.07, 6.45) is 3.26. The molecule has 0 spiro atoms. The largest absolute Gasteiger partial charge is 0.475 e. The highest BCUT2D eigenvalue weighted by Crippen LogP contribution is 2.29. The molecule has 0 saturated heterocycles. The molecule has 9 heteroatoms. The molecule has 3 aromatic rings. The third-order valence-electron chi connectivity index (χ3n) is 3.56. The predicted octanol–water partition coefficient (Wildman–Crippen LogP) is 2.74. The molecule has 0 fully saturated rings.